The smallest absolute Gasteiger partial charge is 0.0352 e. The van der Waals surface area contributed by atoms with E-state index in [-0.39, 0.29) is 0 Å². The molecule has 0 fully saturated rings. The lowest BCUT2D eigenvalue weighted by Gasteiger charge is -2.23. The summed E-state index contributed by atoms with van der Waals surface area (Å²) in [5.74, 6) is 1.49. The van der Waals surface area contributed by atoms with Gasteiger partial charge < -0.3 is 5.32 Å². The van der Waals surface area contributed by atoms with Crippen LogP contribution < -0.4 is 5.32 Å². The first-order chi connectivity index (χ1) is 7.97. The Morgan fingerprint density at radius 2 is 1.65 bits per heavy atom. The zero-order valence-electron chi connectivity index (χ0n) is 11.3. The van der Waals surface area contributed by atoms with E-state index < -0.39 is 0 Å². The van der Waals surface area contributed by atoms with Gasteiger partial charge in [0.25, 0.3) is 0 Å². The van der Waals surface area contributed by atoms with E-state index in [1.54, 1.807) is 0 Å². The molecule has 17 heavy (non-hydrogen) atoms. The maximum atomic E-state index is 3.68. The van der Waals surface area contributed by atoms with Gasteiger partial charge in [-0.15, -0.1) is 0 Å². The van der Waals surface area contributed by atoms with Crippen molar-refractivity contribution in [3.8, 4) is 0 Å². The van der Waals surface area contributed by atoms with Crippen LogP contribution in [0.25, 0.3) is 0 Å². The predicted molar refractivity (Wildman–Crippen MR) is 85.5 cm³/mol. The van der Waals surface area contributed by atoms with Gasteiger partial charge >= 0.3 is 0 Å². The summed E-state index contributed by atoms with van der Waals surface area (Å²) in [6.07, 6.45) is 2.48. The molecule has 0 spiro atoms. The minimum atomic E-state index is 0.591. The van der Waals surface area contributed by atoms with Gasteiger partial charge in [-0.05, 0) is 65.5 Å². The maximum Gasteiger partial charge on any atom is 0.0352 e. The molecule has 1 aromatic carbocycles. The topological polar surface area (TPSA) is 12.0 Å². The molecule has 0 bridgehead atoms. The second kappa shape index (κ2) is 7.24. The molecule has 0 aliphatic heterocycles. The van der Waals surface area contributed by atoms with Crippen molar-refractivity contribution < 1.29 is 0 Å². The average molecular weight is 345 g/mol. The third-order valence-corrected chi connectivity index (χ3v) is 3.38. The van der Waals surface area contributed by atoms with Crippen LogP contribution in [0.1, 0.15) is 40.5 Å². The monoisotopic (exact) mass is 345 g/mol. The minimum Gasteiger partial charge on any atom is -0.382 e. The molecule has 0 atom stereocenters. The van der Waals surface area contributed by atoms with Gasteiger partial charge in [0, 0.05) is 15.3 Å². The van der Waals surface area contributed by atoms with Crippen molar-refractivity contribution in [2.24, 2.45) is 11.8 Å². The predicted octanol–water partition coefficient (Wildman–Crippen LogP) is 5.16. The van der Waals surface area contributed by atoms with Crippen molar-refractivity contribution in [1.29, 1.82) is 0 Å². The van der Waals surface area contributed by atoms with Gasteiger partial charge in [-0.3, -0.25) is 0 Å². The number of halogens is 1. The number of hydrogen-bond acceptors (Lipinski definition) is 1. The van der Waals surface area contributed by atoms with Crippen LogP contribution in [0, 0.1) is 15.4 Å². The first-order valence-corrected chi connectivity index (χ1v) is 7.57. The summed E-state index contributed by atoms with van der Waals surface area (Å²) in [7, 11) is 0. The Morgan fingerprint density at radius 1 is 1.06 bits per heavy atom. The molecule has 1 N–H and O–H groups in total. The summed E-state index contributed by atoms with van der Waals surface area (Å²) in [4.78, 5) is 0. The Hall–Kier alpha value is -0.250. The van der Waals surface area contributed by atoms with E-state index in [9.17, 15) is 0 Å². The summed E-state index contributed by atoms with van der Waals surface area (Å²) in [5.41, 5.74) is 1.25. The molecule has 1 nitrogen and oxygen atoms in total. The molecule has 0 amide bonds. The average Bonchev–Trinajstić information content (AvgIpc) is 2.14. The quantitative estimate of drug-likeness (QED) is 0.702. The van der Waals surface area contributed by atoms with Gasteiger partial charge in [0.2, 0.25) is 0 Å². The third kappa shape index (κ3) is 6.29. The van der Waals surface area contributed by atoms with E-state index in [1.807, 2.05) is 0 Å². The fourth-order valence-electron chi connectivity index (χ4n) is 2.17. The van der Waals surface area contributed by atoms with E-state index in [4.69, 9.17) is 0 Å². The lowest BCUT2D eigenvalue weighted by Crippen LogP contribution is -2.23. The molecule has 0 radical (unpaired) electrons. The first kappa shape index (κ1) is 14.8. The molecular weight excluding hydrogens is 321 g/mol. The van der Waals surface area contributed by atoms with Gasteiger partial charge in [0.1, 0.15) is 0 Å². The van der Waals surface area contributed by atoms with Gasteiger partial charge in [0.15, 0.2) is 0 Å². The fraction of sp³-hybridized carbons (Fsp3) is 0.600. The third-order valence-electron chi connectivity index (χ3n) is 2.71. The minimum absolute atomic E-state index is 0.591. The van der Waals surface area contributed by atoms with Crippen LogP contribution in [-0.4, -0.2) is 6.04 Å². The number of benzene rings is 1. The van der Waals surface area contributed by atoms with Crippen LogP contribution in [0.2, 0.25) is 0 Å². The molecule has 96 valence electrons. The number of nitrogens with one attached hydrogen (secondary N) is 1. The molecule has 0 aromatic heterocycles. The number of rotatable bonds is 6. The van der Waals surface area contributed by atoms with Gasteiger partial charge in [0.05, 0.1) is 0 Å². The van der Waals surface area contributed by atoms with E-state index in [2.05, 4.69) is 79.9 Å². The van der Waals surface area contributed by atoms with Crippen molar-refractivity contribution in [3.05, 3.63) is 27.8 Å². The van der Waals surface area contributed by atoms with E-state index in [0.717, 1.165) is 11.8 Å². The lowest BCUT2D eigenvalue weighted by molar-refractivity contribution is 0.442. The van der Waals surface area contributed by atoms with Crippen LogP contribution in [0.5, 0.6) is 0 Å². The van der Waals surface area contributed by atoms with Crippen molar-refractivity contribution in [2.75, 3.05) is 5.32 Å². The molecule has 0 aliphatic rings. The van der Waals surface area contributed by atoms with E-state index in [1.165, 1.54) is 22.1 Å². The normalized spacial score (nSPS) is 11.5. The Kier molecular flexibility index (Phi) is 6.31. The first-order valence-electron chi connectivity index (χ1n) is 6.49. The molecule has 0 unspecified atom stereocenters. The van der Waals surface area contributed by atoms with Gasteiger partial charge in [-0.25, -0.2) is 0 Å². The molecular formula is C15H24IN. The van der Waals surface area contributed by atoms with Crippen molar-refractivity contribution >= 4 is 28.3 Å². The molecule has 0 heterocycles. The SMILES string of the molecule is CC(C)CC(CC(C)C)Nc1cccc(I)c1. The standard InChI is InChI=1S/C15H24IN/c1-11(2)8-15(9-12(3)4)17-14-7-5-6-13(16)10-14/h5-7,10-12,15,17H,8-9H2,1-4H3. The van der Waals surface area contributed by atoms with Crippen molar-refractivity contribution in [2.45, 2.75) is 46.6 Å². The molecule has 2 heteroatoms. The summed E-state index contributed by atoms with van der Waals surface area (Å²) < 4.78 is 1.29. The fourth-order valence-corrected chi connectivity index (χ4v) is 2.71. The summed E-state index contributed by atoms with van der Waals surface area (Å²) in [6.45, 7) is 9.18. The second-order valence-corrected chi connectivity index (χ2v) is 6.86. The molecule has 1 rings (SSSR count). The molecule has 0 saturated heterocycles. The highest BCUT2D eigenvalue weighted by Gasteiger charge is 2.12. The maximum absolute atomic E-state index is 3.68. The van der Waals surface area contributed by atoms with Gasteiger partial charge in [-0.2, -0.15) is 0 Å². The highest BCUT2D eigenvalue weighted by Crippen LogP contribution is 2.20. The largest absolute Gasteiger partial charge is 0.382 e. The van der Waals surface area contributed by atoms with Crippen LogP contribution in [0.3, 0.4) is 0 Å². The second-order valence-electron chi connectivity index (χ2n) is 5.61. The van der Waals surface area contributed by atoms with E-state index >= 15 is 0 Å². The summed E-state index contributed by atoms with van der Waals surface area (Å²) in [6, 6.07) is 9.22. The Balaban J connectivity index is 2.64. The Labute approximate surface area is 120 Å². The van der Waals surface area contributed by atoms with E-state index in [0.29, 0.717) is 6.04 Å². The molecule has 1 aromatic rings. The molecule has 0 aliphatic carbocycles. The molecule has 0 saturated carbocycles. The lowest BCUT2D eigenvalue weighted by atomic mass is 9.95. The van der Waals surface area contributed by atoms with Gasteiger partial charge in [-0.1, -0.05) is 33.8 Å². The highest BCUT2D eigenvalue weighted by atomic mass is 127. The van der Waals surface area contributed by atoms with Crippen LogP contribution in [0.15, 0.2) is 24.3 Å². The van der Waals surface area contributed by atoms with Crippen LogP contribution >= 0.6 is 22.6 Å². The van der Waals surface area contributed by atoms with Crippen LogP contribution in [0.4, 0.5) is 5.69 Å². The highest BCUT2D eigenvalue weighted by molar-refractivity contribution is 14.1. The number of hydrogen-bond donors (Lipinski definition) is 1. The van der Waals surface area contributed by atoms with Crippen molar-refractivity contribution in [1.82, 2.24) is 0 Å². The summed E-state index contributed by atoms with van der Waals surface area (Å²) >= 11 is 2.36. The zero-order chi connectivity index (χ0) is 12.8. The van der Waals surface area contributed by atoms with Crippen molar-refractivity contribution in [3.63, 3.8) is 0 Å². The summed E-state index contributed by atoms with van der Waals surface area (Å²) in [5, 5.41) is 3.68. The van der Waals surface area contributed by atoms with Crippen LogP contribution in [-0.2, 0) is 0 Å². The Bertz CT molecular complexity index is 323. The number of anilines is 1. The zero-order valence-corrected chi connectivity index (χ0v) is 13.5. The Morgan fingerprint density at radius 3 is 2.12 bits per heavy atom.